The molecule has 2 aliphatic rings. The number of nitrogen functional groups attached to an aromatic ring is 5. The SMILES string of the molecule is CC1=Nc2ccc(F)cc2C1c1nc(N)cc(Nc2ccc(OC(F)F)c(F)c2)n1.Cc1nc2cc(F)c(F)cc2n1-c1nc(N)cc(Nc2ccc(C(F)(F)F)c(F)c2)n1.Cc1nc2ccc(F)cc2n1-c1nc(N)cc(Nc2ccc(OC(F)F)cc2)n1.Cc1nc2ncccc2n1-c1nc(N)cc(Nc2ccc(C(F)(F)F)cc2)n1.Nc1cc(Nc2ccc(OC(F)F)c(F)c2)nc(-c2c(C3CC3)nc3ccc(F)cn23)n1. The van der Waals surface area contributed by atoms with Crippen molar-refractivity contribution in [1.29, 1.82) is 0 Å². The van der Waals surface area contributed by atoms with Crippen molar-refractivity contribution < 1.29 is 102 Å². The Kier molecular flexibility index (Phi) is 29.0. The zero-order valence-corrected chi connectivity index (χ0v) is 77.2. The highest BCUT2D eigenvalue weighted by molar-refractivity contribution is 5.98. The normalized spacial score (nSPS) is 12.7. The number of fused-ring (bicyclic) bond motifs is 5. The van der Waals surface area contributed by atoms with Crippen LogP contribution in [-0.2, 0) is 12.4 Å². The van der Waals surface area contributed by atoms with Crippen molar-refractivity contribution >= 4 is 137 Å². The summed E-state index contributed by atoms with van der Waals surface area (Å²) in [5.41, 5.74) is 35.3. The minimum Gasteiger partial charge on any atom is -0.435 e. The molecule has 53 heteroatoms. The van der Waals surface area contributed by atoms with Crippen molar-refractivity contribution in [2.45, 2.75) is 84.6 Å². The molecular formula is C97H72F20N30O3. The number of ether oxygens (including phenoxy) is 3. The molecule has 0 amide bonds. The number of hydrogen-bond acceptors (Lipinski definition) is 29. The average Bonchev–Trinajstić information content (AvgIpc) is 1.34. The second kappa shape index (κ2) is 42.4. The zero-order valence-electron chi connectivity index (χ0n) is 77.2. The maximum Gasteiger partial charge on any atom is 0.419 e. The number of pyridine rings is 2. The fourth-order valence-corrected chi connectivity index (χ4v) is 15.4. The highest BCUT2D eigenvalue weighted by Gasteiger charge is 2.37. The third-order valence-electron chi connectivity index (χ3n) is 21.8. The summed E-state index contributed by atoms with van der Waals surface area (Å²) in [5.74, 6) is -3.91. The van der Waals surface area contributed by atoms with Gasteiger partial charge in [-0.3, -0.25) is 23.1 Å². The van der Waals surface area contributed by atoms with E-state index in [0.717, 1.165) is 73.1 Å². The fourth-order valence-electron chi connectivity index (χ4n) is 15.4. The first-order valence-corrected chi connectivity index (χ1v) is 43.9. The molecule has 0 spiro atoms. The average molecular weight is 2090 g/mol. The smallest absolute Gasteiger partial charge is 0.419 e. The number of rotatable bonds is 22. The van der Waals surface area contributed by atoms with Crippen molar-refractivity contribution in [2.24, 2.45) is 4.99 Å². The molecule has 1 aliphatic carbocycles. The van der Waals surface area contributed by atoms with Crippen LogP contribution < -0.4 is 69.5 Å². The number of halogens is 20. The molecule has 1 aliphatic heterocycles. The summed E-state index contributed by atoms with van der Waals surface area (Å²) in [5, 5.41) is 14.3. The molecule has 8 aromatic carbocycles. The predicted octanol–water partition coefficient (Wildman–Crippen LogP) is 22.7. The van der Waals surface area contributed by atoms with E-state index in [-0.39, 0.29) is 110 Å². The van der Waals surface area contributed by atoms with Gasteiger partial charge in [0.2, 0.25) is 17.8 Å². The Morgan fingerprint density at radius 1 is 0.380 bits per heavy atom. The monoisotopic (exact) mass is 2080 g/mol. The summed E-state index contributed by atoms with van der Waals surface area (Å²) in [7, 11) is 0. The molecule has 0 saturated heterocycles. The number of anilines is 15. The van der Waals surface area contributed by atoms with Crippen molar-refractivity contribution in [1.82, 2.24) is 92.9 Å². The molecule has 1 atom stereocenters. The molecule has 0 radical (unpaired) electrons. The summed E-state index contributed by atoms with van der Waals surface area (Å²) in [6, 6.07) is 43.7. The molecule has 21 rings (SSSR count). The molecule has 33 nitrogen and oxygen atoms in total. The van der Waals surface area contributed by atoms with Crippen LogP contribution in [0.15, 0.2) is 224 Å². The van der Waals surface area contributed by atoms with Crippen LogP contribution in [-0.4, -0.2) is 118 Å². The number of nitrogens with one attached hydrogen (secondary N) is 5. The molecule has 15 N–H and O–H groups in total. The lowest BCUT2D eigenvalue weighted by atomic mass is 9.95. The summed E-state index contributed by atoms with van der Waals surface area (Å²) in [4.78, 5) is 69.1. The minimum atomic E-state index is -4.83. The van der Waals surface area contributed by atoms with Gasteiger partial charge in [-0.05, 0) is 192 Å². The van der Waals surface area contributed by atoms with E-state index in [2.05, 4.69) is 121 Å². The number of alkyl halides is 12. The van der Waals surface area contributed by atoms with Gasteiger partial charge in [0.15, 0.2) is 46.2 Å². The summed E-state index contributed by atoms with van der Waals surface area (Å²) < 4.78 is 279. The van der Waals surface area contributed by atoms with Crippen molar-refractivity contribution in [3.8, 4) is 46.6 Å². The van der Waals surface area contributed by atoms with E-state index in [1.807, 2.05) is 6.07 Å². The molecule has 1 fully saturated rings. The van der Waals surface area contributed by atoms with Crippen molar-refractivity contribution in [2.75, 3.05) is 55.3 Å². The Balaban J connectivity index is 0.000000128. The molecule has 1 unspecified atom stereocenters. The number of nitrogens with zero attached hydrogens (tertiary/aromatic N) is 20. The number of imidazole rings is 4. The number of nitrogens with two attached hydrogens (primary N) is 5. The molecule has 19 aromatic rings. The Bertz CT molecular complexity index is 8340. The van der Waals surface area contributed by atoms with E-state index in [0.29, 0.717) is 109 Å². The van der Waals surface area contributed by atoms with Gasteiger partial charge < -0.3 is 69.5 Å². The maximum atomic E-state index is 14.1. The van der Waals surface area contributed by atoms with Gasteiger partial charge in [0.25, 0.3) is 0 Å². The van der Waals surface area contributed by atoms with Crippen LogP contribution in [0, 0.1) is 67.3 Å². The van der Waals surface area contributed by atoms with Crippen LogP contribution >= 0.6 is 0 Å². The van der Waals surface area contributed by atoms with E-state index < -0.39 is 107 Å². The number of hydrogen-bond donors (Lipinski definition) is 10. The van der Waals surface area contributed by atoms with Crippen LogP contribution in [0.5, 0.6) is 17.2 Å². The summed E-state index contributed by atoms with van der Waals surface area (Å²) >= 11 is 0. The van der Waals surface area contributed by atoms with Gasteiger partial charge in [0, 0.05) is 113 Å². The molecule has 11 aromatic heterocycles. The Morgan fingerprint density at radius 2 is 0.840 bits per heavy atom. The lowest BCUT2D eigenvalue weighted by Crippen LogP contribution is -2.13. The van der Waals surface area contributed by atoms with Crippen LogP contribution in [0.2, 0.25) is 0 Å². The van der Waals surface area contributed by atoms with Crippen LogP contribution in [0.4, 0.5) is 180 Å². The maximum absolute atomic E-state index is 14.1. The molecule has 0 bridgehead atoms. The Morgan fingerprint density at radius 3 is 1.37 bits per heavy atom. The van der Waals surface area contributed by atoms with Gasteiger partial charge in [-0.2, -0.15) is 82.6 Å². The highest BCUT2D eigenvalue weighted by Crippen LogP contribution is 2.46. The van der Waals surface area contributed by atoms with Gasteiger partial charge >= 0.3 is 32.2 Å². The topological polar surface area (TPSA) is 443 Å². The fraction of sp³-hybridized carbons (Fsp3) is 0.134. The molecule has 1 saturated carbocycles. The van der Waals surface area contributed by atoms with Gasteiger partial charge in [-0.25, -0.2) is 80.0 Å². The molecule has 768 valence electrons. The first-order valence-electron chi connectivity index (χ1n) is 43.9. The lowest BCUT2D eigenvalue weighted by Gasteiger charge is -2.14. The first kappa shape index (κ1) is 103. The summed E-state index contributed by atoms with van der Waals surface area (Å²) in [6.07, 6.45) is -4.36. The van der Waals surface area contributed by atoms with Gasteiger partial charge in [0.1, 0.15) is 122 Å². The lowest BCUT2D eigenvalue weighted by molar-refractivity contribution is -0.140. The van der Waals surface area contributed by atoms with E-state index in [4.69, 9.17) is 28.7 Å². The number of aliphatic imine (C=N–C) groups is 1. The van der Waals surface area contributed by atoms with E-state index in [1.165, 1.54) is 108 Å². The zero-order chi connectivity index (χ0) is 107. The van der Waals surface area contributed by atoms with E-state index in [9.17, 15) is 87.8 Å². The quantitative estimate of drug-likeness (QED) is 0.0282. The Labute approximate surface area is 830 Å². The standard InChI is InChI=1S/C21H16F4N6O.C20H15F4N5O.C19H12F6N6.C19H15F3N6O.C18H14F3N7/c22-11-3-6-17-30-18(10-1-2-10)19(31(17)9-11)20-28-15(26)8-16(29-20)27-12-4-5-14(13(23)7-12)32-21(24)25;1-9-18(12-6-10(21)2-4-14(12)26-9)19-28-16(25)8-17(29-19)27-11-3-5-15(13(22)7-11)30-20(23)24;1-8-27-14-5-12(21)13(22)6-15(14)31(8)18-29-16(26)7-17(30-18)28-9-2-3-10(11(20)4-9)19(23,24)25;1-10-24-14-7-2-11(20)8-15(14)28(10)19-26-16(23)9-17(27-19)25-12-3-5-13(6-4-12)29-18(21)22;1-10-24-16-13(3-2-8-23-16)28(10)17-26-14(22)9-15(27-17)25-12-6-4-11(5-7-12)18(19,20)21/h3-10,21H,1-2H2,(H3,26,27,28,29);2-8,18,20H,1H3,(H3,25,27,28,29);2-7H,1H3,(H3,26,28,29,30);2-9,18H,1H3,(H3,23,25,26,27);2-9H,1H3,(H3,22,25,26,27). The first-order chi connectivity index (χ1) is 71.4. The van der Waals surface area contributed by atoms with Crippen LogP contribution in [0.1, 0.15) is 77.3 Å². The molecule has 150 heavy (non-hydrogen) atoms. The summed E-state index contributed by atoms with van der Waals surface area (Å²) in [6.45, 7) is -2.29. The van der Waals surface area contributed by atoms with Gasteiger partial charge in [-0.1, -0.05) is 0 Å². The third-order valence-corrected chi connectivity index (χ3v) is 21.8. The predicted molar refractivity (Wildman–Crippen MR) is 514 cm³/mol. The number of benzene rings is 8. The van der Waals surface area contributed by atoms with E-state index >= 15 is 0 Å². The molecule has 12 heterocycles. The van der Waals surface area contributed by atoms with E-state index in [1.54, 1.807) is 83.8 Å². The van der Waals surface area contributed by atoms with Crippen molar-refractivity contribution in [3.63, 3.8) is 0 Å². The third kappa shape index (κ3) is 24.0. The number of aromatic nitrogens is 19. The van der Waals surface area contributed by atoms with Gasteiger partial charge in [0.05, 0.1) is 56.0 Å². The largest absolute Gasteiger partial charge is 0.435 e. The highest BCUT2D eigenvalue weighted by atomic mass is 19.4. The second-order valence-corrected chi connectivity index (χ2v) is 32.6. The van der Waals surface area contributed by atoms with Crippen molar-refractivity contribution in [3.05, 3.63) is 311 Å². The molecular weight excluding hydrogens is 2010 g/mol. The van der Waals surface area contributed by atoms with Gasteiger partial charge in [-0.15, -0.1) is 0 Å². The number of aryl methyl sites for hydroxylation is 3. The Hall–Kier alpha value is -18.9. The second-order valence-electron chi connectivity index (χ2n) is 32.6. The van der Waals surface area contributed by atoms with Crippen LogP contribution in [0.25, 0.3) is 68.2 Å². The minimum absolute atomic E-state index is 0.0186. The van der Waals surface area contributed by atoms with Crippen LogP contribution in [0.3, 0.4) is 0 Å².